The van der Waals surface area contributed by atoms with Crippen LogP contribution in [0.5, 0.6) is 0 Å². The smallest absolute Gasteiger partial charge is 0.315 e. The van der Waals surface area contributed by atoms with Gasteiger partial charge in [-0.2, -0.15) is 0 Å². The van der Waals surface area contributed by atoms with Crippen LogP contribution in [0.4, 0.5) is 4.79 Å². The van der Waals surface area contributed by atoms with Crippen LogP contribution in [0.25, 0.3) is 0 Å². The second kappa shape index (κ2) is 14.6. The van der Waals surface area contributed by atoms with Crippen molar-refractivity contribution >= 4 is 39.4 Å². The van der Waals surface area contributed by atoms with Crippen LogP contribution >= 0.6 is 0 Å². The van der Waals surface area contributed by atoms with Crippen molar-refractivity contribution in [2.75, 3.05) is 18.8 Å². The molecule has 48 heavy (non-hydrogen) atoms. The Kier molecular flexibility index (Phi) is 11.2. The standard InChI is InChI=1S/C35H57N5O7S/c1-5-18-36-31(43)28(41)25(20-22-14-15-22)37-30(42)27-24-12-9-11-23(24)21-40(27)32(44)29(34(2,3)4)38-33(45)39-35(16-7-6-8-17-35)26-13-10-19-48(26,46)47/h22-27,29H,5-21H2,1-4H3,(H,36,43)(H,37,42)(H2,38,39,45)/t23-,24-,25-,26+,27-,29+/m0/s1. The Labute approximate surface area is 286 Å². The van der Waals surface area contributed by atoms with Gasteiger partial charge in [0.15, 0.2) is 9.84 Å². The van der Waals surface area contributed by atoms with Crippen molar-refractivity contribution in [2.24, 2.45) is 23.2 Å². The Morgan fingerprint density at radius 2 is 1.60 bits per heavy atom. The first-order chi connectivity index (χ1) is 22.7. The third-order valence-corrected chi connectivity index (χ3v) is 14.0. The Morgan fingerprint density at radius 3 is 2.21 bits per heavy atom. The molecule has 5 fully saturated rings. The van der Waals surface area contributed by atoms with Gasteiger partial charge in [0.2, 0.25) is 17.6 Å². The van der Waals surface area contributed by atoms with E-state index in [1.165, 1.54) is 0 Å². The highest BCUT2D eigenvalue weighted by Crippen LogP contribution is 2.44. The fraction of sp³-hybridized carbons (Fsp3) is 0.857. The first kappa shape index (κ1) is 36.6. The van der Waals surface area contributed by atoms with Crippen LogP contribution < -0.4 is 21.3 Å². The van der Waals surface area contributed by atoms with E-state index in [4.69, 9.17) is 0 Å². The summed E-state index contributed by atoms with van der Waals surface area (Å²) in [7, 11) is -3.34. The molecule has 2 saturated heterocycles. The Hall–Kier alpha value is -2.70. The minimum atomic E-state index is -3.34. The van der Waals surface area contributed by atoms with Crippen molar-refractivity contribution < 1.29 is 32.4 Å². The molecule has 0 aromatic carbocycles. The van der Waals surface area contributed by atoms with Gasteiger partial charge in [-0.25, -0.2) is 13.2 Å². The Bertz CT molecular complexity index is 1350. The van der Waals surface area contributed by atoms with E-state index in [-0.39, 0.29) is 29.4 Å². The summed E-state index contributed by atoms with van der Waals surface area (Å²) in [6, 6.07) is -3.33. The lowest BCUT2D eigenvalue weighted by Crippen LogP contribution is -2.65. The Balaban J connectivity index is 1.35. The molecule has 5 amide bonds. The van der Waals surface area contributed by atoms with Crippen LogP contribution in [0.1, 0.15) is 118 Å². The van der Waals surface area contributed by atoms with Crippen LogP contribution in [0.15, 0.2) is 0 Å². The highest BCUT2D eigenvalue weighted by Gasteiger charge is 2.53. The molecule has 0 radical (unpaired) electrons. The van der Waals surface area contributed by atoms with Crippen molar-refractivity contribution in [2.45, 2.75) is 147 Å². The molecule has 12 nitrogen and oxygen atoms in total. The van der Waals surface area contributed by atoms with Crippen LogP contribution in [-0.2, 0) is 29.0 Å². The number of nitrogens with one attached hydrogen (secondary N) is 4. The number of nitrogens with zero attached hydrogens (tertiary/aromatic N) is 1. The molecule has 5 aliphatic rings. The third kappa shape index (κ3) is 8.02. The summed E-state index contributed by atoms with van der Waals surface area (Å²) in [5, 5.41) is 10.9. The van der Waals surface area contributed by atoms with E-state index in [1.807, 2.05) is 27.7 Å². The number of likely N-dealkylation sites (tertiary alicyclic amines) is 1. The number of carbonyl (C=O) groups excluding carboxylic acids is 5. The lowest BCUT2D eigenvalue weighted by Gasteiger charge is -2.43. The monoisotopic (exact) mass is 691 g/mol. The first-order valence-corrected chi connectivity index (χ1v) is 20.1. The molecule has 0 spiro atoms. The average molecular weight is 692 g/mol. The van der Waals surface area contributed by atoms with Gasteiger partial charge in [0.25, 0.3) is 5.91 Å². The van der Waals surface area contributed by atoms with Gasteiger partial charge in [-0.3, -0.25) is 19.2 Å². The molecule has 2 aliphatic heterocycles. The number of urea groups is 1. The molecule has 6 atom stereocenters. The van der Waals surface area contributed by atoms with E-state index in [0.717, 1.165) is 51.4 Å². The maximum Gasteiger partial charge on any atom is 0.315 e. The molecule has 270 valence electrons. The van der Waals surface area contributed by atoms with Crippen molar-refractivity contribution in [3.05, 3.63) is 0 Å². The fourth-order valence-corrected chi connectivity index (χ4v) is 11.2. The molecule has 5 rings (SSSR count). The van der Waals surface area contributed by atoms with Crippen molar-refractivity contribution in [3.63, 3.8) is 0 Å². The zero-order valence-electron chi connectivity index (χ0n) is 29.3. The summed E-state index contributed by atoms with van der Waals surface area (Å²) in [4.78, 5) is 69.8. The molecular formula is C35H57N5O7S. The van der Waals surface area contributed by atoms with Crippen molar-refractivity contribution in [1.29, 1.82) is 0 Å². The van der Waals surface area contributed by atoms with Crippen molar-refractivity contribution in [1.82, 2.24) is 26.2 Å². The summed E-state index contributed by atoms with van der Waals surface area (Å²) in [6.07, 6.45) is 10.5. The maximum atomic E-state index is 14.5. The zero-order valence-corrected chi connectivity index (χ0v) is 30.1. The molecule has 0 bridgehead atoms. The summed E-state index contributed by atoms with van der Waals surface area (Å²) in [6.45, 7) is 8.22. The van der Waals surface area contributed by atoms with Crippen LogP contribution in [0, 0.1) is 23.2 Å². The number of hydrogen-bond acceptors (Lipinski definition) is 7. The van der Waals surface area contributed by atoms with E-state index in [2.05, 4.69) is 21.3 Å². The molecule has 0 aromatic heterocycles. The number of rotatable bonds is 12. The molecule has 2 heterocycles. The highest BCUT2D eigenvalue weighted by atomic mass is 32.2. The largest absolute Gasteiger partial charge is 0.349 e. The number of fused-ring (bicyclic) bond motifs is 1. The van der Waals surface area contributed by atoms with Crippen LogP contribution in [0.2, 0.25) is 0 Å². The normalized spacial score (nSPS) is 29.0. The minimum absolute atomic E-state index is 0.0768. The summed E-state index contributed by atoms with van der Waals surface area (Å²) in [5.41, 5.74) is -1.60. The Morgan fingerprint density at radius 1 is 0.896 bits per heavy atom. The summed E-state index contributed by atoms with van der Waals surface area (Å²) < 4.78 is 26.1. The van der Waals surface area contributed by atoms with E-state index in [9.17, 15) is 32.4 Å². The molecule has 3 aliphatic carbocycles. The molecule has 0 unspecified atom stereocenters. The average Bonchev–Trinajstić information content (AvgIpc) is 3.41. The van der Waals surface area contributed by atoms with Crippen LogP contribution in [-0.4, -0.2) is 90.6 Å². The summed E-state index contributed by atoms with van der Waals surface area (Å²) >= 11 is 0. The van der Waals surface area contributed by atoms with Gasteiger partial charge in [0.05, 0.1) is 22.6 Å². The summed E-state index contributed by atoms with van der Waals surface area (Å²) in [5.74, 6) is -1.70. The molecule has 0 aromatic rings. The number of hydrogen-bond donors (Lipinski definition) is 4. The maximum absolute atomic E-state index is 14.5. The van der Waals surface area contributed by atoms with Gasteiger partial charge >= 0.3 is 6.03 Å². The number of sulfone groups is 1. The van der Waals surface area contributed by atoms with E-state index in [0.29, 0.717) is 51.6 Å². The van der Waals surface area contributed by atoms with Gasteiger partial charge in [0, 0.05) is 13.1 Å². The topological polar surface area (TPSA) is 171 Å². The van der Waals surface area contributed by atoms with Gasteiger partial charge in [0.1, 0.15) is 12.1 Å². The lowest BCUT2D eigenvalue weighted by atomic mass is 9.78. The predicted octanol–water partition coefficient (Wildman–Crippen LogP) is 2.99. The second-order valence-electron chi connectivity index (χ2n) is 16.3. The fourth-order valence-electron chi connectivity index (χ4n) is 8.86. The van der Waals surface area contributed by atoms with Gasteiger partial charge in [-0.1, -0.05) is 66.2 Å². The van der Waals surface area contributed by atoms with E-state index in [1.54, 1.807) is 4.90 Å². The highest BCUT2D eigenvalue weighted by molar-refractivity contribution is 7.92. The molecular weight excluding hydrogens is 634 g/mol. The molecule has 13 heteroatoms. The van der Waals surface area contributed by atoms with E-state index >= 15 is 0 Å². The van der Waals surface area contributed by atoms with Crippen LogP contribution in [0.3, 0.4) is 0 Å². The second-order valence-corrected chi connectivity index (χ2v) is 18.6. The zero-order chi connectivity index (χ0) is 34.9. The van der Waals surface area contributed by atoms with Crippen molar-refractivity contribution in [3.8, 4) is 0 Å². The molecule has 4 N–H and O–H groups in total. The van der Waals surface area contributed by atoms with Gasteiger partial charge in [-0.05, 0) is 74.5 Å². The third-order valence-electron chi connectivity index (χ3n) is 11.5. The lowest BCUT2D eigenvalue weighted by molar-refractivity contribution is -0.144. The number of ketones is 1. The molecule has 3 saturated carbocycles. The number of amides is 5. The number of carbonyl (C=O) groups is 5. The first-order valence-electron chi connectivity index (χ1n) is 18.4. The van der Waals surface area contributed by atoms with Gasteiger partial charge < -0.3 is 26.2 Å². The minimum Gasteiger partial charge on any atom is -0.349 e. The quantitative estimate of drug-likeness (QED) is 0.228. The van der Waals surface area contributed by atoms with Gasteiger partial charge in [-0.15, -0.1) is 0 Å². The van der Waals surface area contributed by atoms with E-state index < -0.39 is 67.8 Å². The SMILES string of the molecule is CCCNC(=O)C(=O)[C@H](CC1CC1)NC(=O)[C@@H]1[C@H]2CCC[C@H]2CN1C(=O)[C@@H](NC(=O)NC1([C@H]2CCCS2(=O)=O)CCCCC1)C(C)(C)C. The predicted molar refractivity (Wildman–Crippen MR) is 181 cm³/mol. The number of Topliss-reactive ketones (excluding diaryl/α,β-unsaturated/α-hetero) is 1.